The number of esters is 1. The number of pyridine rings is 1. The van der Waals surface area contributed by atoms with E-state index in [2.05, 4.69) is 15.1 Å². The van der Waals surface area contributed by atoms with Crippen molar-refractivity contribution in [2.45, 2.75) is 0 Å². The number of aromatic nitrogens is 1. The average molecular weight is 240 g/mol. The van der Waals surface area contributed by atoms with Crippen LogP contribution in [0.3, 0.4) is 0 Å². The van der Waals surface area contributed by atoms with Gasteiger partial charge in [0.25, 0.3) is 0 Å². The zero-order valence-electron chi connectivity index (χ0n) is 9.63. The van der Waals surface area contributed by atoms with Crippen LogP contribution in [0.4, 0.5) is 11.5 Å². The molecule has 1 aromatic heterocycles. The number of nitrogens with one attached hydrogen (secondary N) is 1. The Morgan fingerprint density at radius 2 is 2.18 bits per heavy atom. The van der Waals surface area contributed by atoms with Crippen molar-refractivity contribution in [3.8, 4) is 0 Å². The first-order valence-corrected chi connectivity index (χ1v) is 4.63. The van der Waals surface area contributed by atoms with E-state index in [-0.39, 0.29) is 17.2 Å². The minimum atomic E-state index is -0.651. The van der Waals surface area contributed by atoms with Crippen LogP contribution in [0.15, 0.2) is 12.1 Å². The van der Waals surface area contributed by atoms with Crippen LogP contribution in [0.25, 0.3) is 0 Å². The van der Waals surface area contributed by atoms with Gasteiger partial charge in [-0.15, -0.1) is 0 Å². The number of hydrogen-bond acceptors (Lipinski definition) is 7. The molecule has 92 valence electrons. The van der Waals surface area contributed by atoms with E-state index in [9.17, 15) is 14.9 Å². The van der Waals surface area contributed by atoms with Crippen molar-refractivity contribution in [1.29, 1.82) is 0 Å². The summed E-state index contributed by atoms with van der Waals surface area (Å²) in [5.74, 6) is -0.662. The highest BCUT2D eigenvalue weighted by Crippen LogP contribution is 2.22. The molecule has 0 amide bonds. The van der Waals surface area contributed by atoms with Gasteiger partial charge in [0.2, 0.25) is 5.82 Å². The van der Waals surface area contributed by atoms with E-state index in [1.54, 1.807) is 14.1 Å². The molecule has 1 rings (SSSR count). The molecule has 0 unspecified atom stereocenters. The highest BCUT2D eigenvalue weighted by atomic mass is 16.6. The van der Waals surface area contributed by atoms with Gasteiger partial charge in [-0.3, -0.25) is 15.5 Å². The molecule has 0 aromatic carbocycles. The van der Waals surface area contributed by atoms with Crippen molar-refractivity contribution in [3.05, 3.63) is 27.9 Å². The predicted octanol–water partition coefficient (Wildman–Crippen LogP) is 0.665. The van der Waals surface area contributed by atoms with E-state index < -0.39 is 10.9 Å². The Bertz CT molecular complexity index is 447. The van der Waals surface area contributed by atoms with Gasteiger partial charge in [0.15, 0.2) is 5.69 Å². The zero-order valence-corrected chi connectivity index (χ0v) is 9.63. The minimum absolute atomic E-state index is 0.00227. The van der Waals surface area contributed by atoms with Gasteiger partial charge in [0.05, 0.1) is 12.0 Å². The number of ether oxygens (including phenoxy) is 1. The number of carbonyl (C=O) groups excluding carboxylic acids is 1. The molecule has 0 aliphatic rings. The average Bonchev–Trinajstić information content (AvgIpc) is 2.26. The summed E-state index contributed by atoms with van der Waals surface area (Å²) in [6.07, 6.45) is 0. The second-order valence-corrected chi connectivity index (χ2v) is 3.32. The first-order chi connectivity index (χ1) is 7.95. The molecule has 0 aliphatic carbocycles. The second kappa shape index (κ2) is 5.21. The Labute approximate surface area is 97.3 Å². The van der Waals surface area contributed by atoms with E-state index in [1.807, 2.05) is 0 Å². The first-order valence-electron chi connectivity index (χ1n) is 4.63. The van der Waals surface area contributed by atoms with Gasteiger partial charge in [-0.25, -0.2) is 14.8 Å². The molecule has 0 radical (unpaired) electrons. The zero-order chi connectivity index (χ0) is 13.0. The molecule has 0 fully saturated rings. The standard InChI is InChI=1S/C9H12N4O4/c1-12(2)11-8-7(13(15)16)5-4-6(10-8)9(14)17-3/h4-5H,1-3H3,(H,10,11). The fraction of sp³-hybridized carbons (Fsp3) is 0.333. The summed E-state index contributed by atoms with van der Waals surface area (Å²) >= 11 is 0. The van der Waals surface area contributed by atoms with Crippen molar-refractivity contribution >= 4 is 17.5 Å². The number of hydrogen-bond donors (Lipinski definition) is 1. The van der Waals surface area contributed by atoms with Gasteiger partial charge in [-0.1, -0.05) is 0 Å². The molecule has 0 spiro atoms. The highest BCUT2D eigenvalue weighted by Gasteiger charge is 2.19. The molecule has 1 heterocycles. The smallest absolute Gasteiger partial charge is 0.356 e. The summed E-state index contributed by atoms with van der Waals surface area (Å²) in [4.78, 5) is 25.2. The maximum Gasteiger partial charge on any atom is 0.356 e. The Balaban J connectivity index is 3.18. The maximum absolute atomic E-state index is 11.2. The Hall–Kier alpha value is -2.22. The lowest BCUT2D eigenvalue weighted by Gasteiger charge is -2.12. The molecule has 0 saturated carbocycles. The van der Waals surface area contributed by atoms with Crippen molar-refractivity contribution in [2.75, 3.05) is 26.6 Å². The van der Waals surface area contributed by atoms with Gasteiger partial charge in [0.1, 0.15) is 0 Å². The quantitative estimate of drug-likeness (QED) is 0.469. The topological polar surface area (TPSA) is 97.6 Å². The van der Waals surface area contributed by atoms with Crippen LogP contribution in [-0.4, -0.2) is 42.1 Å². The third-order valence-electron chi connectivity index (χ3n) is 1.79. The summed E-state index contributed by atoms with van der Waals surface area (Å²) in [6.45, 7) is 0. The monoisotopic (exact) mass is 240 g/mol. The van der Waals surface area contributed by atoms with E-state index in [0.717, 1.165) is 0 Å². The van der Waals surface area contributed by atoms with Gasteiger partial charge < -0.3 is 4.74 Å². The Morgan fingerprint density at radius 1 is 1.53 bits per heavy atom. The summed E-state index contributed by atoms with van der Waals surface area (Å²) in [5.41, 5.74) is 2.43. The predicted molar refractivity (Wildman–Crippen MR) is 59.5 cm³/mol. The number of rotatable bonds is 4. The number of anilines is 1. The van der Waals surface area contributed by atoms with Crippen molar-refractivity contribution in [3.63, 3.8) is 0 Å². The number of hydrazine groups is 1. The minimum Gasteiger partial charge on any atom is -0.464 e. The molecular formula is C9H12N4O4. The van der Waals surface area contributed by atoms with Crippen LogP contribution in [0, 0.1) is 10.1 Å². The second-order valence-electron chi connectivity index (χ2n) is 3.32. The van der Waals surface area contributed by atoms with Crippen molar-refractivity contribution in [1.82, 2.24) is 9.99 Å². The molecule has 1 N–H and O–H groups in total. The van der Waals surface area contributed by atoms with Gasteiger partial charge >= 0.3 is 11.7 Å². The lowest BCUT2D eigenvalue weighted by molar-refractivity contribution is -0.384. The lowest BCUT2D eigenvalue weighted by Crippen LogP contribution is -2.22. The van der Waals surface area contributed by atoms with Crippen LogP contribution < -0.4 is 5.43 Å². The molecule has 8 heteroatoms. The van der Waals surface area contributed by atoms with Crippen molar-refractivity contribution < 1.29 is 14.5 Å². The summed E-state index contributed by atoms with van der Waals surface area (Å²) in [7, 11) is 4.51. The normalized spacial score (nSPS) is 10.1. The van der Waals surface area contributed by atoms with E-state index in [1.165, 1.54) is 24.3 Å². The van der Waals surface area contributed by atoms with Gasteiger partial charge in [-0.2, -0.15) is 0 Å². The molecular weight excluding hydrogens is 228 g/mol. The van der Waals surface area contributed by atoms with Crippen LogP contribution in [0.1, 0.15) is 10.5 Å². The first kappa shape index (κ1) is 12.8. The molecule has 1 aromatic rings. The fourth-order valence-electron chi connectivity index (χ4n) is 1.11. The lowest BCUT2D eigenvalue weighted by atomic mass is 10.3. The molecule has 0 atom stereocenters. The number of methoxy groups -OCH3 is 1. The summed E-state index contributed by atoms with van der Waals surface area (Å²) < 4.78 is 4.48. The fourth-order valence-corrected chi connectivity index (χ4v) is 1.11. The molecule has 0 aliphatic heterocycles. The Kier molecular flexibility index (Phi) is 3.94. The highest BCUT2D eigenvalue weighted by molar-refractivity contribution is 5.88. The van der Waals surface area contributed by atoms with Crippen LogP contribution in [0.2, 0.25) is 0 Å². The van der Waals surface area contributed by atoms with E-state index in [0.29, 0.717) is 0 Å². The van der Waals surface area contributed by atoms with E-state index in [4.69, 9.17) is 0 Å². The van der Waals surface area contributed by atoms with Gasteiger partial charge in [-0.05, 0) is 6.07 Å². The third-order valence-corrected chi connectivity index (χ3v) is 1.79. The molecule has 17 heavy (non-hydrogen) atoms. The number of nitrogens with zero attached hydrogens (tertiary/aromatic N) is 3. The molecule has 8 nitrogen and oxygen atoms in total. The van der Waals surface area contributed by atoms with Crippen LogP contribution in [-0.2, 0) is 4.74 Å². The Morgan fingerprint density at radius 3 is 2.65 bits per heavy atom. The SMILES string of the molecule is COC(=O)c1ccc([N+](=O)[O-])c(NN(C)C)n1. The number of nitro groups is 1. The van der Waals surface area contributed by atoms with Crippen LogP contribution >= 0.6 is 0 Å². The van der Waals surface area contributed by atoms with E-state index >= 15 is 0 Å². The third kappa shape index (κ3) is 3.11. The van der Waals surface area contributed by atoms with Crippen LogP contribution in [0.5, 0.6) is 0 Å². The molecule has 0 saturated heterocycles. The van der Waals surface area contributed by atoms with Crippen molar-refractivity contribution in [2.24, 2.45) is 0 Å². The molecule has 0 bridgehead atoms. The number of carbonyl (C=O) groups is 1. The maximum atomic E-state index is 11.2. The summed E-state index contributed by atoms with van der Waals surface area (Å²) in [5, 5.41) is 12.2. The van der Waals surface area contributed by atoms with Gasteiger partial charge in [0, 0.05) is 20.2 Å². The largest absolute Gasteiger partial charge is 0.464 e. The summed E-state index contributed by atoms with van der Waals surface area (Å²) in [6, 6.07) is 2.44.